The van der Waals surface area contributed by atoms with Crippen LogP contribution in [0.3, 0.4) is 0 Å². The monoisotopic (exact) mass is 535 g/mol. The molecule has 6 N–H and O–H groups in total. The fourth-order valence-electron chi connectivity index (χ4n) is 5.55. The molecular formula is C26H33NO11. The predicted molar refractivity (Wildman–Crippen MR) is 130 cm³/mol. The third-order valence-corrected chi connectivity index (χ3v) is 7.37. The minimum atomic E-state index is -1.68. The van der Waals surface area contributed by atoms with E-state index in [1.54, 1.807) is 18.3 Å². The van der Waals surface area contributed by atoms with Gasteiger partial charge in [0.25, 0.3) is 0 Å². The van der Waals surface area contributed by atoms with E-state index in [2.05, 4.69) is 11.6 Å². The number of carbonyl (C=O) groups excluding carboxylic acids is 1. The van der Waals surface area contributed by atoms with Crippen molar-refractivity contribution >= 4 is 23.8 Å². The molecular weight excluding hydrogens is 502 g/mol. The fourth-order valence-corrected chi connectivity index (χ4v) is 5.55. The second kappa shape index (κ2) is 11.4. The van der Waals surface area contributed by atoms with Gasteiger partial charge in [0, 0.05) is 35.2 Å². The molecule has 208 valence electrons. The van der Waals surface area contributed by atoms with Crippen molar-refractivity contribution in [2.24, 2.45) is 11.8 Å². The zero-order valence-corrected chi connectivity index (χ0v) is 20.9. The van der Waals surface area contributed by atoms with Crippen LogP contribution in [-0.4, -0.2) is 99.1 Å². The maximum absolute atomic E-state index is 12.3. The van der Waals surface area contributed by atoms with E-state index in [0.29, 0.717) is 16.3 Å². The van der Waals surface area contributed by atoms with Crippen LogP contribution < -0.4 is 10.6 Å². The molecule has 0 amide bonds. The van der Waals surface area contributed by atoms with Gasteiger partial charge in [0.1, 0.15) is 24.1 Å². The number of aromatic nitrogens is 1. The molecule has 38 heavy (non-hydrogen) atoms. The maximum atomic E-state index is 12.3. The first-order valence-corrected chi connectivity index (χ1v) is 12.3. The maximum Gasteiger partial charge on any atom is 0.333 e. The molecule has 1 fully saturated rings. The van der Waals surface area contributed by atoms with Gasteiger partial charge in [-0.1, -0.05) is 12.2 Å². The van der Waals surface area contributed by atoms with Crippen LogP contribution in [0.5, 0.6) is 0 Å². The van der Waals surface area contributed by atoms with Crippen molar-refractivity contribution in [1.29, 1.82) is 0 Å². The highest BCUT2D eigenvalue weighted by atomic mass is 16.7. The van der Waals surface area contributed by atoms with E-state index in [9.17, 15) is 35.1 Å². The van der Waals surface area contributed by atoms with Gasteiger partial charge < -0.3 is 49.5 Å². The minimum absolute atomic E-state index is 0.118. The Bertz CT molecular complexity index is 1200. The number of methoxy groups -OCH3 is 1. The average molecular weight is 536 g/mol. The Morgan fingerprint density at radius 1 is 1.32 bits per heavy atom. The molecule has 1 spiro atoms. The topological polar surface area (TPSA) is 188 Å². The quantitative estimate of drug-likeness (QED) is 0.156. The number of hydrogen-bond acceptors (Lipinski definition) is 10. The molecule has 3 heterocycles. The molecule has 1 aromatic rings. The number of carboxylic acids is 1. The van der Waals surface area contributed by atoms with Crippen LogP contribution in [0.1, 0.15) is 19.3 Å². The zero-order valence-electron chi connectivity index (χ0n) is 20.9. The number of fused-ring (bicyclic) bond motifs is 1. The first-order valence-electron chi connectivity index (χ1n) is 12.3. The SMILES string of the molecule is C=CC1C(OC2OC(CO)C3(C=c4cc[nH]c4=C(CCO)O3)C(O)C2O)CC=C(C(=O)OC)C1CC(=O)O. The van der Waals surface area contributed by atoms with Crippen molar-refractivity contribution in [2.45, 2.75) is 55.6 Å². The highest BCUT2D eigenvalue weighted by Gasteiger charge is 2.58. The summed E-state index contributed by atoms with van der Waals surface area (Å²) in [5.41, 5.74) is -1.49. The Hall–Kier alpha value is -3.00. The number of ether oxygens (including phenoxy) is 4. The summed E-state index contributed by atoms with van der Waals surface area (Å²) in [5.74, 6) is -2.92. The van der Waals surface area contributed by atoms with Gasteiger partial charge in [-0.15, -0.1) is 6.58 Å². The first kappa shape index (κ1) is 28.0. The minimum Gasteiger partial charge on any atom is -0.481 e. The van der Waals surface area contributed by atoms with Crippen LogP contribution in [0, 0.1) is 11.8 Å². The van der Waals surface area contributed by atoms with Crippen molar-refractivity contribution in [3.05, 3.63) is 47.1 Å². The number of aliphatic hydroxyl groups excluding tert-OH is 4. The Balaban J connectivity index is 1.62. The standard InChI is InChI=1S/C26H33NO11/c1-3-14-16(10-20(30)31)15(24(34)35-2)4-5-17(14)36-25-22(32)23(33)26(19(12-29)37-25)11-13-6-8-27-21(13)18(38-26)7-9-28/h3-4,6,8,11,14,16-17,19,22-23,25,27-29,32-33H,1,5,7,9-10,12H2,2H3,(H,30,31). The number of rotatable bonds is 9. The Morgan fingerprint density at radius 2 is 2.08 bits per heavy atom. The number of aromatic amines is 1. The Morgan fingerprint density at radius 3 is 2.71 bits per heavy atom. The number of aliphatic hydroxyl groups is 4. The summed E-state index contributed by atoms with van der Waals surface area (Å²) in [6.07, 6.45) is -0.510. The molecule has 3 aliphatic rings. The summed E-state index contributed by atoms with van der Waals surface area (Å²) in [4.78, 5) is 26.9. The van der Waals surface area contributed by atoms with Crippen molar-refractivity contribution in [3.63, 3.8) is 0 Å². The summed E-state index contributed by atoms with van der Waals surface area (Å²) < 4.78 is 22.9. The molecule has 0 aromatic carbocycles. The molecule has 1 aliphatic carbocycles. The first-order chi connectivity index (χ1) is 18.2. The molecule has 2 aliphatic heterocycles. The van der Waals surface area contributed by atoms with E-state index in [0.717, 1.165) is 0 Å². The summed E-state index contributed by atoms with van der Waals surface area (Å²) >= 11 is 0. The van der Waals surface area contributed by atoms with E-state index in [1.807, 2.05) is 0 Å². The molecule has 0 saturated carbocycles. The van der Waals surface area contributed by atoms with Gasteiger partial charge in [0.05, 0.1) is 38.2 Å². The van der Waals surface area contributed by atoms with Gasteiger partial charge in [-0.2, -0.15) is 0 Å². The van der Waals surface area contributed by atoms with Crippen molar-refractivity contribution in [1.82, 2.24) is 4.98 Å². The fraction of sp³-hybridized carbons (Fsp3) is 0.538. The molecule has 0 bridgehead atoms. The van der Waals surface area contributed by atoms with Crippen LogP contribution in [0.2, 0.25) is 0 Å². The van der Waals surface area contributed by atoms with Crippen molar-refractivity contribution in [3.8, 4) is 0 Å². The van der Waals surface area contributed by atoms with Crippen LogP contribution in [0.25, 0.3) is 11.8 Å². The van der Waals surface area contributed by atoms with E-state index >= 15 is 0 Å². The van der Waals surface area contributed by atoms with Crippen LogP contribution >= 0.6 is 0 Å². The molecule has 1 aromatic heterocycles. The smallest absolute Gasteiger partial charge is 0.333 e. The van der Waals surface area contributed by atoms with Gasteiger partial charge in [-0.05, 0) is 18.6 Å². The lowest BCUT2D eigenvalue weighted by atomic mass is 9.74. The van der Waals surface area contributed by atoms with Gasteiger partial charge in [-0.3, -0.25) is 4.79 Å². The zero-order chi connectivity index (χ0) is 27.6. The lowest BCUT2D eigenvalue weighted by Crippen LogP contribution is -2.69. The molecule has 12 nitrogen and oxygen atoms in total. The van der Waals surface area contributed by atoms with Gasteiger partial charge in [0.2, 0.25) is 0 Å². The number of nitrogens with one attached hydrogen (secondary N) is 1. The third kappa shape index (κ3) is 4.91. The molecule has 0 radical (unpaired) electrons. The van der Waals surface area contributed by atoms with Crippen LogP contribution in [0.4, 0.5) is 0 Å². The molecule has 4 rings (SSSR count). The number of carbonyl (C=O) groups is 2. The number of carboxylic acid groups (broad SMARTS) is 1. The van der Waals surface area contributed by atoms with Crippen LogP contribution in [0.15, 0.2) is 36.6 Å². The summed E-state index contributed by atoms with van der Waals surface area (Å²) in [7, 11) is 1.20. The Labute approximate surface area is 218 Å². The lowest BCUT2D eigenvalue weighted by molar-refractivity contribution is -0.328. The third-order valence-electron chi connectivity index (χ3n) is 7.37. The lowest BCUT2D eigenvalue weighted by Gasteiger charge is -2.50. The van der Waals surface area contributed by atoms with Crippen molar-refractivity contribution < 1.29 is 54.1 Å². The number of H-pyrrole nitrogens is 1. The Kier molecular flexibility index (Phi) is 8.40. The highest BCUT2D eigenvalue weighted by Crippen LogP contribution is 2.41. The van der Waals surface area contributed by atoms with Gasteiger partial charge >= 0.3 is 11.9 Å². The molecule has 8 unspecified atom stereocenters. The molecule has 8 atom stereocenters. The number of aliphatic carboxylic acids is 1. The average Bonchev–Trinajstić information content (AvgIpc) is 3.37. The van der Waals surface area contributed by atoms with Crippen LogP contribution in [-0.2, 0) is 28.5 Å². The normalized spacial score (nSPS) is 34.5. The second-order valence-electron chi connectivity index (χ2n) is 9.49. The van der Waals surface area contributed by atoms with E-state index < -0.39 is 66.7 Å². The van der Waals surface area contributed by atoms with Crippen molar-refractivity contribution in [2.75, 3.05) is 20.3 Å². The summed E-state index contributed by atoms with van der Waals surface area (Å²) in [6, 6.07) is 1.73. The highest BCUT2D eigenvalue weighted by molar-refractivity contribution is 5.90. The number of hydrogen-bond donors (Lipinski definition) is 6. The second-order valence-corrected chi connectivity index (χ2v) is 9.49. The largest absolute Gasteiger partial charge is 0.481 e. The van der Waals surface area contributed by atoms with Gasteiger partial charge in [-0.25, -0.2) is 4.79 Å². The van der Waals surface area contributed by atoms with E-state index in [-0.39, 0.29) is 31.4 Å². The van der Waals surface area contributed by atoms with E-state index in [4.69, 9.17) is 18.9 Å². The van der Waals surface area contributed by atoms with E-state index in [1.165, 1.54) is 19.3 Å². The summed E-state index contributed by atoms with van der Waals surface area (Å²) in [6.45, 7) is 2.95. The molecule has 12 heteroatoms. The number of esters is 1. The summed E-state index contributed by atoms with van der Waals surface area (Å²) in [5, 5.41) is 52.8. The molecule has 1 saturated heterocycles. The predicted octanol–water partition coefficient (Wildman–Crippen LogP) is -1.72. The van der Waals surface area contributed by atoms with Gasteiger partial charge in [0.15, 0.2) is 11.9 Å².